The molecule has 104 valence electrons. The number of carbonyl (C=O) groups excluding carboxylic acids is 2. The quantitative estimate of drug-likeness (QED) is 0.620. The molecule has 0 atom stereocenters. The van der Waals surface area contributed by atoms with Crippen LogP contribution < -0.4 is 10.6 Å². The first-order chi connectivity index (χ1) is 10.2. The number of hydrogen-bond donors (Lipinski definition) is 3. The highest BCUT2D eigenvalue weighted by Crippen LogP contribution is 2.22. The first-order valence-electron chi connectivity index (χ1n) is 6.19. The minimum atomic E-state index is -0.820. The van der Waals surface area contributed by atoms with Crippen molar-refractivity contribution in [3.8, 4) is 0 Å². The molecule has 21 heavy (non-hydrogen) atoms. The summed E-state index contributed by atoms with van der Waals surface area (Å²) < 4.78 is 0. The lowest BCUT2D eigenvalue weighted by Crippen LogP contribution is -2.29. The molecule has 2 amide bonds. The van der Waals surface area contributed by atoms with Gasteiger partial charge in [0.25, 0.3) is 0 Å². The lowest BCUT2D eigenvalue weighted by atomic mass is 10.1. The molecule has 0 saturated heterocycles. The topological polar surface area (TPSA) is 99.8 Å². The van der Waals surface area contributed by atoms with Crippen LogP contribution in [0.2, 0.25) is 0 Å². The fourth-order valence-electron chi connectivity index (χ4n) is 1.94. The molecular weight excluding hydrogens is 270 g/mol. The van der Waals surface area contributed by atoms with Crippen LogP contribution in [0.15, 0.2) is 48.8 Å². The van der Waals surface area contributed by atoms with E-state index in [4.69, 9.17) is 0 Å². The van der Waals surface area contributed by atoms with Crippen LogP contribution >= 0.6 is 0 Å². The molecule has 1 heterocycles. The zero-order valence-corrected chi connectivity index (χ0v) is 10.8. The van der Waals surface area contributed by atoms with E-state index < -0.39 is 11.8 Å². The number of aromatic nitrogens is 3. The first kappa shape index (κ1) is 12.8. The Labute approximate surface area is 119 Å². The van der Waals surface area contributed by atoms with E-state index in [0.29, 0.717) is 5.69 Å². The molecule has 0 aliphatic carbocycles. The van der Waals surface area contributed by atoms with Crippen LogP contribution in [0.5, 0.6) is 0 Å². The second-order valence-corrected chi connectivity index (χ2v) is 4.27. The zero-order chi connectivity index (χ0) is 14.7. The Kier molecular flexibility index (Phi) is 3.30. The number of fused-ring (bicyclic) bond motifs is 1. The molecule has 3 rings (SSSR count). The monoisotopic (exact) mass is 281 g/mol. The van der Waals surface area contributed by atoms with E-state index in [2.05, 4.69) is 25.8 Å². The summed E-state index contributed by atoms with van der Waals surface area (Å²) in [6.45, 7) is 0. The molecule has 0 fully saturated rings. The van der Waals surface area contributed by atoms with Crippen LogP contribution in [0, 0.1) is 0 Å². The molecule has 2 aromatic carbocycles. The van der Waals surface area contributed by atoms with Crippen LogP contribution in [0.25, 0.3) is 10.8 Å². The summed E-state index contributed by atoms with van der Waals surface area (Å²) >= 11 is 0. The lowest BCUT2D eigenvalue weighted by molar-refractivity contribution is -0.133. The molecule has 0 radical (unpaired) electrons. The van der Waals surface area contributed by atoms with Gasteiger partial charge in [-0.2, -0.15) is 10.1 Å². The minimum Gasteiger partial charge on any atom is -0.317 e. The average Bonchev–Trinajstić information content (AvgIpc) is 3.00. The summed E-state index contributed by atoms with van der Waals surface area (Å²) in [6.07, 6.45) is 1.23. The molecule has 0 bridgehead atoms. The van der Waals surface area contributed by atoms with Crippen molar-refractivity contribution in [2.45, 2.75) is 0 Å². The molecule has 1 aromatic heterocycles. The average molecular weight is 281 g/mol. The Morgan fingerprint density at radius 1 is 0.952 bits per heavy atom. The summed E-state index contributed by atoms with van der Waals surface area (Å²) in [6, 6.07) is 13.1. The maximum absolute atomic E-state index is 11.9. The number of amides is 2. The minimum absolute atomic E-state index is 0.119. The molecule has 7 nitrogen and oxygen atoms in total. The molecule has 0 spiro atoms. The number of hydrogen-bond acceptors (Lipinski definition) is 4. The molecule has 0 aliphatic heterocycles. The summed E-state index contributed by atoms with van der Waals surface area (Å²) in [4.78, 5) is 27.4. The van der Waals surface area contributed by atoms with Crippen molar-refractivity contribution in [1.82, 2.24) is 15.2 Å². The highest BCUT2D eigenvalue weighted by Gasteiger charge is 2.16. The van der Waals surface area contributed by atoms with E-state index in [1.54, 1.807) is 6.07 Å². The number of carbonyl (C=O) groups is 2. The number of rotatable bonds is 2. The third-order valence-electron chi connectivity index (χ3n) is 2.89. The predicted molar refractivity (Wildman–Crippen MR) is 77.6 cm³/mol. The summed E-state index contributed by atoms with van der Waals surface area (Å²) in [5, 5.41) is 12.8. The van der Waals surface area contributed by atoms with Gasteiger partial charge in [-0.05, 0) is 11.5 Å². The number of benzene rings is 2. The predicted octanol–water partition coefficient (Wildman–Crippen LogP) is 1.54. The zero-order valence-electron chi connectivity index (χ0n) is 10.8. The van der Waals surface area contributed by atoms with E-state index in [1.165, 1.54) is 6.33 Å². The van der Waals surface area contributed by atoms with Crippen molar-refractivity contribution in [3.05, 3.63) is 48.8 Å². The highest BCUT2D eigenvalue weighted by atomic mass is 16.2. The van der Waals surface area contributed by atoms with Gasteiger partial charge in [-0.1, -0.05) is 36.4 Å². The number of aromatic amines is 1. The Morgan fingerprint density at radius 3 is 2.52 bits per heavy atom. The third kappa shape index (κ3) is 2.71. The van der Waals surface area contributed by atoms with Gasteiger partial charge < -0.3 is 5.32 Å². The van der Waals surface area contributed by atoms with Crippen molar-refractivity contribution < 1.29 is 9.59 Å². The molecule has 3 N–H and O–H groups in total. The van der Waals surface area contributed by atoms with E-state index in [0.717, 1.165) is 10.8 Å². The SMILES string of the molecule is O=C(Nc1ncn[nH]1)C(=O)Nc1cccc2ccccc12. The standard InChI is InChI=1S/C14H11N5O2/c20-12(13(21)18-14-15-8-16-19-14)17-11-7-3-5-9-4-1-2-6-10(9)11/h1-8H,(H,17,20)(H2,15,16,18,19,21). The Balaban J connectivity index is 1.78. The number of nitrogens with one attached hydrogen (secondary N) is 3. The van der Waals surface area contributed by atoms with Crippen LogP contribution in [0.3, 0.4) is 0 Å². The van der Waals surface area contributed by atoms with Crippen molar-refractivity contribution >= 4 is 34.2 Å². The summed E-state index contributed by atoms with van der Waals surface area (Å²) in [5.74, 6) is -1.48. The largest absolute Gasteiger partial charge is 0.317 e. The smallest absolute Gasteiger partial charge is 0.316 e. The van der Waals surface area contributed by atoms with Gasteiger partial charge in [0.15, 0.2) is 0 Å². The first-order valence-corrected chi connectivity index (χ1v) is 6.19. The maximum atomic E-state index is 11.9. The number of nitrogens with zero attached hydrogens (tertiary/aromatic N) is 2. The fraction of sp³-hybridized carbons (Fsp3) is 0. The number of anilines is 2. The van der Waals surface area contributed by atoms with Crippen molar-refractivity contribution in [1.29, 1.82) is 0 Å². The second-order valence-electron chi connectivity index (χ2n) is 4.27. The van der Waals surface area contributed by atoms with Crippen molar-refractivity contribution in [3.63, 3.8) is 0 Å². The van der Waals surface area contributed by atoms with Crippen LogP contribution in [0.4, 0.5) is 11.6 Å². The van der Waals surface area contributed by atoms with Gasteiger partial charge in [-0.3, -0.25) is 14.9 Å². The van der Waals surface area contributed by atoms with E-state index in [-0.39, 0.29) is 5.95 Å². The molecule has 0 aliphatic rings. The van der Waals surface area contributed by atoms with Gasteiger partial charge in [-0.25, -0.2) is 5.10 Å². The van der Waals surface area contributed by atoms with Crippen molar-refractivity contribution in [2.24, 2.45) is 0 Å². The molecular formula is C14H11N5O2. The molecule has 3 aromatic rings. The van der Waals surface area contributed by atoms with Crippen LogP contribution in [-0.2, 0) is 9.59 Å². The Hall–Kier alpha value is -3.22. The van der Waals surface area contributed by atoms with Gasteiger partial charge in [0.05, 0.1) is 0 Å². The van der Waals surface area contributed by atoms with Crippen molar-refractivity contribution in [2.75, 3.05) is 10.6 Å². The van der Waals surface area contributed by atoms with Gasteiger partial charge >= 0.3 is 11.8 Å². The van der Waals surface area contributed by atoms with Crippen LogP contribution in [0.1, 0.15) is 0 Å². The van der Waals surface area contributed by atoms with Gasteiger partial charge in [0.1, 0.15) is 6.33 Å². The third-order valence-corrected chi connectivity index (χ3v) is 2.89. The van der Waals surface area contributed by atoms with E-state index in [9.17, 15) is 9.59 Å². The van der Waals surface area contributed by atoms with Gasteiger partial charge in [-0.15, -0.1) is 0 Å². The summed E-state index contributed by atoms with van der Waals surface area (Å²) in [7, 11) is 0. The van der Waals surface area contributed by atoms with Gasteiger partial charge in [0.2, 0.25) is 5.95 Å². The van der Waals surface area contributed by atoms with E-state index >= 15 is 0 Å². The lowest BCUT2D eigenvalue weighted by Gasteiger charge is -2.08. The van der Waals surface area contributed by atoms with Gasteiger partial charge in [0, 0.05) is 11.1 Å². The molecule has 0 saturated carbocycles. The van der Waals surface area contributed by atoms with Crippen LogP contribution in [-0.4, -0.2) is 27.0 Å². The second kappa shape index (κ2) is 5.41. The number of H-pyrrole nitrogens is 1. The maximum Gasteiger partial charge on any atom is 0.316 e. The van der Waals surface area contributed by atoms with E-state index in [1.807, 2.05) is 36.4 Å². The highest BCUT2D eigenvalue weighted by molar-refractivity contribution is 6.43. The Morgan fingerprint density at radius 2 is 1.71 bits per heavy atom. The molecule has 7 heteroatoms. The fourth-order valence-corrected chi connectivity index (χ4v) is 1.94. The molecule has 0 unspecified atom stereocenters. The Bertz CT molecular complexity index is 793. The summed E-state index contributed by atoms with van der Waals surface area (Å²) in [5.41, 5.74) is 0.575. The normalized spacial score (nSPS) is 10.3.